The van der Waals surface area contributed by atoms with Crippen LogP contribution in [0.5, 0.6) is 0 Å². The van der Waals surface area contributed by atoms with Crippen LogP contribution in [0.25, 0.3) is 0 Å². The summed E-state index contributed by atoms with van der Waals surface area (Å²) in [6.45, 7) is 11.2. The molecule has 0 bridgehead atoms. The molecule has 0 aromatic carbocycles. The zero-order valence-corrected chi connectivity index (χ0v) is 31.0. The minimum atomic E-state index is -1.55. The highest BCUT2D eigenvalue weighted by molar-refractivity contribution is 5.62. The van der Waals surface area contributed by atoms with Gasteiger partial charge in [0.2, 0.25) is 0 Å². The highest BCUT2D eigenvalue weighted by Crippen LogP contribution is 2.05. The lowest BCUT2D eigenvalue weighted by Crippen LogP contribution is -2.05. The van der Waals surface area contributed by atoms with Gasteiger partial charge in [-0.15, -0.1) is 0 Å². The van der Waals surface area contributed by atoms with Crippen LogP contribution in [-0.2, 0) is 61.6 Å². The molecule has 3 aliphatic heterocycles. The molecule has 3 aliphatic rings. The summed E-state index contributed by atoms with van der Waals surface area (Å²) in [5.74, 6) is -0.657. The average molecular weight is 811 g/mol. The van der Waals surface area contributed by atoms with Gasteiger partial charge < -0.3 is 75.5 Å². The number of carbonyl (C=O) groups is 7. The molecule has 1 unspecified atom stereocenters. The van der Waals surface area contributed by atoms with E-state index in [1.165, 1.54) is 39.9 Å². The van der Waals surface area contributed by atoms with Crippen molar-refractivity contribution in [3.8, 4) is 0 Å². The standard InChI is InChI=1S/C5H8O3.C5H10O3.C4H8O3.C4H6O3.C3H3FO3.C3H4O3.C3H2O3.C3H6O3/c6-5-7-3-1-2-4-8-5;1-3-7-5(6)8-4-2;1-3-7-4(5)6-2;1-2-3-7-4(5)6;4-2-1-6-3(5)7-2;2*4-3-5-1-2-6-3;1-5-3(4)6-2/h1-4H2;3-4H2,1-2H3;3H2,1-2H3;2H,1,3H2,(H,5,6);2H,1H2;1-2H2;1-2H;1-2H3. The molecule has 1 aromatic rings. The van der Waals surface area contributed by atoms with E-state index in [-0.39, 0.29) is 13.2 Å². The van der Waals surface area contributed by atoms with Gasteiger partial charge in [0.15, 0.2) is 6.61 Å². The molecular formula is C30H47FO24. The maximum absolute atomic E-state index is 11.6. The molecule has 1 N–H and O–H groups in total. The van der Waals surface area contributed by atoms with Crippen molar-refractivity contribution >= 4 is 43.1 Å². The number of carbonyl (C=O) groups excluding carboxylic acids is 6. The summed E-state index contributed by atoms with van der Waals surface area (Å²) in [6.07, 6.45) is -1.10. The van der Waals surface area contributed by atoms with Gasteiger partial charge in [0.05, 0.1) is 54.4 Å². The Kier molecular flexibility index (Phi) is 42.2. The molecule has 25 heteroatoms. The van der Waals surface area contributed by atoms with Crippen molar-refractivity contribution in [2.45, 2.75) is 40.0 Å². The van der Waals surface area contributed by atoms with Gasteiger partial charge in [-0.25, -0.2) is 38.4 Å². The Morgan fingerprint density at radius 2 is 1.11 bits per heavy atom. The lowest BCUT2D eigenvalue weighted by molar-refractivity contribution is 0.0570. The molecule has 0 spiro atoms. The zero-order chi connectivity index (χ0) is 42.7. The van der Waals surface area contributed by atoms with Gasteiger partial charge in [0.25, 0.3) is 6.36 Å². The van der Waals surface area contributed by atoms with Crippen LogP contribution in [0.1, 0.15) is 33.6 Å². The molecule has 0 saturated carbocycles. The first-order valence-corrected chi connectivity index (χ1v) is 15.3. The van der Waals surface area contributed by atoms with E-state index in [2.05, 4.69) is 77.0 Å². The van der Waals surface area contributed by atoms with E-state index >= 15 is 0 Å². The third kappa shape index (κ3) is 49.7. The number of ether oxygens (including phenoxy) is 13. The monoisotopic (exact) mass is 810 g/mol. The number of cyclic esters (lactones) is 6. The first-order chi connectivity index (χ1) is 26.2. The van der Waals surface area contributed by atoms with Crippen molar-refractivity contribution < 1.29 is 113 Å². The minimum absolute atomic E-state index is 0.0648. The fourth-order valence-electron chi connectivity index (χ4n) is 2.02. The minimum Gasteiger partial charge on any atom is -0.450 e. The summed E-state index contributed by atoms with van der Waals surface area (Å²) in [4.78, 5) is 78.9. The average Bonchev–Trinajstić information content (AvgIpc) is 3.90. The van der Waals surface area contributed by atoms with Gasteiger partial charge >= 0.3 is 48.9 Å². The van der Waals surface area contributed by atoms with E-state index in [1.807, 2.05) is 0 Å². The van der Waals surface area contributed by atoms with Gasteiger partial charge in [0, 0.05) is 0 Å². The number of hydrogen-bond acceptors (Lipinski definition) is 23. The molecule has 0 aliphatic carbocycles. The Hall–Kier alpha value is -6.43. The van der Waals surface area contributed by atoms with Crippen molar-refractivity contribution in [2.24, 2.45) is 0 Å². The summed E-state index contributed by atoms with van der Waals surface area (Å²) in [5, 5.41) is 7.77. The zero-order valence-electron chi connectivity index (χ0n) is 31.0. The lowest BCUT2D eigenvalue weighted by Gasteiger charge is -1.98. The van der Waals surface area contributed by atoms with E-state index in [1.54, 1.807) is 20.8 Å². The Bertz CT molecular complexity index is 1150. The molecular weight excluding hydrogens is 763 g/mol. The van der Waals surface area contributed by atoms with E-state index < -0.39 is 55.3 Å². The third-order valence-corrected chi connectivity index (χ3v) is 4.05. The molecule has 3 fully saturated rings. The normalized spacial score (nSPS) is 13.7. The summed E-state index contributed by atoms with van der Waals surface area (Å²) < 4.78 is 74.7. The van der Waals surface area contributed by atoms with Gasteiger partial charge in [-0.2, -0.15) is 4.39 Å². The number of carboxylic acid groups (broad SMARTS) is 1. The fraction of sp³-hybridized carbons (Fsp3) is 0.600. The second-order valence-corrected chi connectivity index (χ2v) is 7.97. The van der Waals surface area contributed by atoms with Gasteiger partial charge in [-0.3, -0.25) is 0 Å². The molecule has 0 amide bonds. The van der Waals surface area contributed by atoms with E-state index in [9.17, 15) is 42.7 Å². The molecule has 1 aromatic heterocycles. The summed E-state index contributed by atoms with van der Waals surface area (Å²) in [7, 11) is 3.79. The van der Waals surface area contributed by atoms with Crippen molar-refractivity contribution in [1.82, 2.24) is 0 Å². The van der Waals surface area contributed by atoms with Crippen molar-refractivity contribution in [1.29, 1.82) is 0 Å². The first kappa shape index (κ1) is 55.3. The van der Waals surface area contributed by atoms with Crippen LogP contribution in [0.4, 0.5) is 38.0 Å². The largest absolute Gasteiger partial charge is 0.518 e. The molecule has 24 nitrogen and oxygen atoms in total. The second kappa shape index (κ2) is 42.0. The predicted octanol–water partition coefficient (Wildman–Crippen LogP) is 5.00. The predicted molar refractivity (Wildman–Crippen MR) is 175 cm³/mol. The second-order valence-electron chi connectivity index (χ2n) is 7.97. The molecule has 4 rings (SSSR count). The van der Waals surface area contributed by atoms with Gasteiger partial charge in [-0.1, -0.05) is 12.7 Å². The number of alkyl halides is 1. The molecule has 4 heterocycles. The van der Waals surface area contributed by atoms with Crippen LogP contribution in [0.2, 0.25) is 0 Å². The fourth-order valence-corrected chi connectivity index (χ4v) is 2.02. The van der Waals surface area contributed by atoms with E-state index in [0.717, 1.165) is 12.8 Å². The third-order valence-electron chi connectivity index (χ3n) is 4.05. The maximum Gasteiger partial charge on any atom is 0.518 e. The van der Waals surface area contributed by atoms with Crippen molar-refractivity contribution in [3.05, 3.63) is 35.8 Å². The number of rotatable bonds is 5. The van der Waals surface area contributed by atoms with Crippen LogP contribution in [0.3, 0.4) is 0 Å². The Morgan fingerprint density at radius 3 is 1.31 bits per heavy atom. The molecule has 1 atom stereocenters. The maximum atomic E-state index is 11.6. The number of halogens is 1. The highest BCUT2D eigenvalue weighted by Gasteiger charge is 2.23. The highest BCUT2D eigenvalue weighted by atomic mass is 19.1. The molecule has 3 saturated heterocycles. The Balaban J connectivity index is -0.000000271. The summed E-state index contributed by atoms with van der Waals surface area (Å²) in [6, 6.07) is 0. The van der Waals surface area contributed by atoms with Crippen LogP contribution in [0, 0.1) is 0 Å². The Morgan fingerprint density at radius 1 is 0.691 bits per heavy atom. The number of methoxy groups -OCH3 is 3. The van der Waals surface area contributed by atoms with Crippen molar-refractivity contribution in [3.63, 3.8) is 0 Å². The first-order valence-electron chi connectivity index (χ1n) is 15.3. The van der Waals surface area contributed by atoms with Crippen LogP contribution >= 0.6 is 0 Å². The molecule has 0 radical (unpaired) electrons. The Labute approximate surface area is 313 Å². The molecule has 318 valence electrons. The lowest BCUT2D eigenvalue weighted by atomic mass is 10.3. The van der Waals surface area contributed by atoms with Crippen molar-refractivity contribution in [2.75, 3.05) is 80.8 Å². The summed E-state index contributed by atoms with van der Waals surface area (Å²) >= 11 is 0. The van der Waals surface area contributed by atoms with Gasteiger partial charge in [0.1, 0.15) is 32.3 Å². The topological polar surface area (TPSA) is 303 Å². The van der Waals surface area contributed by atoms with Crippen LogP contribution in [0.15, 0.2) is 38.8 Å². The van der Waals surface area contributed by atoms with E-state index in [0.29, 0.717) is 46.2 Å². The van der Waals surface area contributed by atoms with Crippen LogP contribution < -0.4 is 5.82 Å². The number of hydrogen-bond donors (Lipinski definition) is 1. The van der Waals surface area contributed by atoms with Crippen LogP contribution in [-0.4, -0.2) is 135 Å². The SMILES string of the molecule is C=CCOC(=O)O.CCOC(=O)OC.CCOC(=O)OCC.COC(=O)OC.O=C1OCC(F)O1.O=C1OCCCCO1.O=C1OCCO1.O=c1occo1. The summed E-state index contributed by atoms with van der Waals surface area (Å²) in [5.41, 5.74) is 0. The molecule has 55 heavy (non-hydrogen) atoms. The quantitative estimate of drug-likeness (QED) is 0.232. The van der Waals surface area contributed by atoms with E-state index in [4.69, 9.17) is 5.11 Å². The van der Waals surface area contributed by atoms with Gasteiger partial charge in [-0.05, 0) is 33.6 Å². The smallest absolute Gasteiger partial charge is 0.450 e.